The van der Waals surface area contributed by atoms with Gasteiger partial charge in [-0.15, -0.1) is 0 Å². The van der Waals surface area contributed by atoms with Gasteiger partial charge in [0.25, 0.3) is 5.91 Å². The van der Waals surface area contributed by atoms with Gasteiger partial charge in [-0.3, -0.25) is 4.79 Å². The number of hydrogen-bond acceptors (Lipinski definition) is 7. The minimum Gasteiger partial charge on any atom is -0.364 e. The van der Waals surface area contributed by atoms with E-state index < -0.39 is 0 Å². The van der Waals surface area contributed by atoms with Crippen LogP contribution in [0.15, 0.2) is 69.3 Å². The Labute approximate surface area is 250 Å². The van der Waals surface area contributed by atoms with E-state index >= 15 is 0 Å². The van der Waals surface area contributed by atoms with E-state index in [0.29, 0.717) is 48.1 Å². The molecule has 2 aliphatic heterocycles. The van der Waals surface area contributed by atoms with Crippen molar-refractivity contribution in [3.8, 4) is 0 Å². The Hall–Kier alpha value is -4.31. The number of nitrogens with one attached hydrogen (secondary N) is 4. The third kappa shape index (κ3) is 7.12. The van der Waals surface area contributed by atoms with Crippen LogP contribution in [0.2, 0.25) is 0 Å². The Morgan fingerprint density at radius 2 is 1.93 bits per heavy atom. The van der Waals surface area contributed by atoms with Gasteiger partial charge in [-0.05, 0) is 87.9 Å². The first-order valence-corrected chi connectivity index (χ1v) is 14.6. The zero-order valence-electron chi connectivity index (χ0n) is 24.0. The molecule has 3 amide bonds. The molecule has 0 radical (unpaired) electrons. The summed E-state index contributed by atoms with van der Waals surface area (Å²) in [5.74, 6) is 0.977. The molecular formula is C31H36ClN7O3. The lowest BCUT2D eigenvalue weighted by Crippen LogP contribution is -2.47. The SMILES string of the molecule is C/C=C(Cl)\C1=N/C(C)Nc2cccc(c2)CCc2cc(ccc2NC(=O)NC2CCN(C(=O)c3cnoc3C)CC2)N1. The Morgan fingerprint density at radius 1 is 1.12 bits per heavy atom. The summed E-state index contributed by atoms with van der Waals surface area (Å²) in [7, 11) is 0. The number of fused-ring (bicyclic) bond motifs is 4. The Kier molecular flexibility index (Phi) is 9.12. The van der Waals surface area contributed by atoms with E-state index in [1.807, 2.05) is 44.2 Å². The number of aromatic nitrogens is 1. The molecule has 0 saturated carbocycles. The van der Waals surface area contributed by atoms with Gasteiger partial charge in [-0.25, -0.2) is 9.79 Å². The van der Waals surface area contributed by atoms with Crippen molar-refractivity contribution in [1.29, 1.82) is 0 Å². The minimum absolute atomic E-state index is 0.0393. The number of amidine groups is 1. The number of benzene rings is 2. The van der Waals surface area contributed by atoms with E-state index in [1.54, 1.807) is 17.9 Å². The van der Waals surface area contributed by atoms with Crippen LogP contribution in [0.1, 0.15) is 53.9 Å². The molecule has 1 saturated heterocycles. The number of urea groups is 1. The number of piperidine rings is 1. The van der Waals surface area contributed by atoms with Crippen molar-refractivity contribution in [3.05, 3.63) is 82.2 Å². The fourth-order valence-electron chi connectivity index (χ4n) is 5.24. The lowest BCUT2D eigenvalue weighted by atomic mass is 10.0. The second-order valence-electron chi connectivity index (χ2n) is 10.6. The maximum atomic E-state index is 13.1. The van der Waals surface area contributed by atoms with Gasteiger partial charge in [-0.1, -0.05) is 35.0 Å². The molecule has 3 heterocycles. The van der Waals surface area contributed by atoms with Crippen molar-refractivity contribution in [2.75, 3.05) is 29.0 Å². The number of aryl methyl sites for hydroxylation is 3. The van der Waals surface area contributed by atoms with Crippen molar-refractivity contribution in [1.82, 2.24) is 15.4 Å². The summed E-state index contributed by atoms with van der Waals surface area (Å²) in [5.41, 5.74) is 5.19. The molecule has 1 aromatic heterocycles. The van der Waals surface area contributed by atoms with E-state index in [-0.39, 0.29) is 24.1 Å². The van der Waals surface area contributed by atoms with Gasteiger partial charge in [-0.2, -0.15) is 0 Å². The Morgan fingerprint density at radius 3 is 2.67 bits per heavy atom. The average molecular weight is 590 g/mol. The van der Waals surface area contributed by atoms with Gasteiger partial charge in [0.15, 0.2) is 0 Å². The first kappa shape index (κ1) is 29.2. The second-order valence-corrected chi connectivity index (χ2v) is 11.0. The average Bonchev–Trinajstić information content (AvgIpc) is 3.41. The predicted octanol–water partition coefficient (Wildman–Crippen LogP) is 5.92. The standard InChI is InChI=1S/C31H36ClN7O3/c1-4-27(32)29-35-20(3)34-24-7-5-6-21(16-24)8-9-22-17-25(36-29)10-11-28(22)38-31(41)37-23-12-14-39(15-13-23)30(40)26-18-33-42-19(26)2/h4-7,10-11,16-18,20,23,34H,8-9,12-15H2,1-3H3,(H,35,36)(H2,37,38,41)/b27-4+. The summed E-state index contributed by atoms with van der Waals surface area (Å²) >= 11 is 6.51. The van der Waals surface area contributed by atoms with Crippen molar-refractivity contribution in [2.24, 2.45) is 4.99 Å². The van der Waals surface area contributed by atoms with Gasteiger partial charge in [0.1, 0.15) is 23.3 Å². The van der Waals surface area contributed by atoms with Crippen LogP contribution in [0.25, 0.3) is 0 Å². The van der Waals surface area contributed by atoms with Crippen LogP contribution in [-0.4, -0.2) is 53.1 Å². The number of hydrogen-bond donors (Lipinski definition) is 4. The van der Waals surface area contributed by atoms with Crippen LogP contribution in [0, 0.1) is 6.92 Å². The van der Waals surface area contributed by atoms with Gasteiger partial charge in [0.05, 0.1) is 11.2 Å². The molecule has 1 unspecified atom stereocenters. The Bertz CT molecular complexity index is 1510. The highest BCUT2D eigenvalue weighted by Gasteiger charge is 2.27. The molecule has 2 aromatic carbocycles. The molecule has 4 N–H and O–H groups in total. The summed E-state index contributed by atoms with van der Waals surface area (Å²) in [6.45, 7) is 6.66. The Balaban J connectivity index is 1.28. The molecule has 10 nitrogen and oxygen atoms in total. The quantitative estimate of drug-likeness (QED) is 0.299. The number of allylic oxidation sites excluding steroid dienone is 1. The van der Waals surface area contributed by atoms with Crippen LogP contribution in [0.5, 0.6) is 0 Å². The van der Waals surface area contributed by atoms with Crippen LogP contribution >= 0.6 is 11.6 Å². The highest BCUT2D eigenvalue weighted by Crippen LogP contribution is 2.25. The fourth-order valence-corrected chi connectivity index (χ4v) is 5.33. The number of nitrogens with zero attached hydrogens (tertiary/aromatic N) is 3. The first-order valence-electron chi connectivity index (χ1n) is 14.2. The van der Waals surface area contributed by atoms with Crippen LogP contribution in [-0.2, 0) is 12.8 Å². The number of likely N-dealkylation sites (tertiary alicyclic amines) is 1. The molecule has 42 heavy (non-hydrogen) atoms. The molecule has 5 rings (SSSR count). The van der Waals surface area contributed by atoms with Crippen LogP contribution in [0.4, 0.5) is 21.9 Å². The van der Waals surface area contributed by atoms with E-state index in [4.69, 9.17) is 21.1 Å². The number of halogens is 1. The molecule has 220 valence electrons. The fraction of sp³-hybridized carbons (Fsp3) is 0.355. The van der Waals surface area contributed by atoms with Crippen molar-refractivity contribution < 1.29 is 14.1 Å². The zero-order chi connectivity index (χ0) is 29.6. The smallest absolute Gasteiger partial charge is 0.319 e. The number of carbonyl (C=O) groups is 2. The zero-order valence-corrected chi connectivity index (χ0v) is 24.8. The van der Waals surface area contributed by atoms with Crippen molar-refractivity contribution in [2.45, 2.75) is 58.7 Å². The van der Waals surface area contributed by atoms with Crippen LogP contribution in [0.3, 0.4) is 0 Å². The number of rotatable bonds is 4. The van der Waals surface area contributed by atoms with E-state index in [9.17, 15) is 9.59 Å². The molecule has 11 heteroatoms. The van der Waals surface area contributed by atoms with Gasteiger partial charge in [0.2, 0.25) is 0 Å². The third-order valence-corrected chi connectivity index (χ3v) is 7.90. The minimum atomic E-state index is -0.270. The first-order chi connectivity index (χ1) is 20.3. The summed E-state index contributed by atoms with van der Waals surface area (Å²) < 4.78 is 5.03. The summed E-state index contributed by atoms with van der Waals surface area (Å²) in [4.78, 5) is 32.4. The third-order valence-electron chi connectivity index (χ3n) is 7.50. The van der Waals surface area contributed by atoms with E-state index in [2.05, 4.69) is 38.6 Å². The summed E-state index contributed by atoms with van der Waals surface area (Å²) in [5, 5.41) is 17.1. The largest absolute Gasteiger partial charge is 0.364 e. The topological polar surface area (TPSA) is 124 Å². The van der Waals surface area contributed by atoms with Crippen molar-refractivity contribution >= 4 is 46.4 Å². The molecule has 0 aliphatic carbocycles. The lowest BCUT2D eigenvalue weighted by Gasteiger charge is -2.32. The molecular weight excluding hydrogens is 554 g/mol. The number of carbonyl (C=O) groups excluding carboxylic acids is 2. The second kappa shape index (κ2) is 13.1. The summed E-state index contributed by atoms with van der Waals surface area (Å²) in [6, 6.07) is 13.8. The highest BCUT2D eigenvalue weighted by atomic mass is 35.5. The molecule has 3 aromatic rings. The van der Waals surface area contributed by atoms with Crippen LogP contribution < -0.4 is 21.3 Å². The summed E-state index contributed by atoms with van der Waals surface area (Å²) in [6.07, 6.45) is 5.89. The molecule has 2 aliphatic rings. The predicted molar refractivity (Wildman–Crippen MR) is 166 cm³/mol. The van der Waals surface area contributed by atoms with E-state index in [1.165, 1.54) is 11.8 Å². The normalized spacial score (nSPS) is 19.1. The van der Waals surface area contributed by atoms with E-state index in [0.717, 1.165) is 35.5 Å². The maximum absolute atomic E-state index is 13.1. The number of anilines is 3. The molecule has 0 spiro atoms. The molecule has 1 atom stereocenters. The van der Waals surface area contributed by atoms with Gasteiger partial charge >= 0.3 is 6.03 Å². The molecule has 4 bridgehead atoms. The monoisotopic (exact) mass is 589 g/mol. The van der Waals surface area contributed by atoms with Crippen molar-refractivity contribution in [3.63, 3.8) is 0 Å². The maximum Gasteiger partial charge on any atom is 0.319 e. The molecule has 1 fully saturated rings. The number of aliphatic imine (C=N–C) groups is 1. The van der Waals surface area contributed by atoms with Gasteiger partial charge in [0, 0.05) is 36.2 Å². The van der Waals surface area contributed by atoms with Gasteiger partial charge < -0.3 is 30.7 Å². The lowest BCUT2D eigenvalue weighted by molar-refractivity contribution is 0.0707. The number of amides is 3. The highest BCUT2D eigenvalue weighted by molar-refractivity contribution is 6.45.